The second-order valence-corrected chi connectivity index (χ2v) is 5.14. The lowest BCUT2D eigenvalue weighted by Crippen LogP contribution is -2.54. The number of carbonyl (C=O) groups excluding carboxylic acids is 1. The molecule has 2 amide bonds. The van der Waals surface area contributed by atoms with Crippen molar-refractivity contribution in [2.24, 2.45) is 0 Å². The molecule has 0 spiro atoms. The number of aliphatic carboxylic acids is 1. The normalized spacial score (nSPS) is 11.0. The molecule has 2 N–H and O–H groups in total. The van der Waals surface area contributed by atoms with Crippen LogP contribution in [0.15, 0.2) is 18.2 Å². The fourth-order valence-corrected chi connectivity index (χ4v) is 1.61. The number of carboxylic acid groups (broad SMARTS) is 1. The quantitative estimate of drug-likeness (QED) is 0.860. The highest BCUT2D eigenvalue weighted by Crippen LogP contribution is 2.07. The van der Waals surface area contributed by atoms with Crippen molar-refractivity contribution in [1.29, 1.82) is 0 Å². The van der Waals surface area contributed by atoms with Gasteiger partial charge in [0.25, 0.3) is 0 Å². The Balaban J connectivity index is 2.76. The third-order valence-electron chi connectivity index (χ3n) is 2.92. The molecule has 1 heterocycles. The molecule has 0 bridgehead atoms. The molecular weight excluding hydrogens is 258 g/mol. The Kier molecular flexibility index (Phi) is 5.07. The number of nitrogens with zero attached hydrogens (tertiary/aromatic N) is 2. The van der Waals surface area contributed by atoms with Gasteiger partial charge in [0.15, 0.2) is 0 Å². The first-order valence-electron chi connectivity index (χ1n) is 6.49. The number of urea groups is 1. The van der Waals surface area contributed by atoms with E-state index in [9.17, 15) is 9.59 Å². The van der Waals surface area contributed by atoms with E-state index in [1.165, 1.54) is 18.7 Å². The smallest absolute Gasteiger partial charge is 0.328 e. The van der Waals surface area contributed by atoms with Crippen molar-refractivity contribution in [3.63, 3.8) is 0 Å². The van der Waals surface area contributed by atoms with Gasteiger partial charge in [0, 0.05) is 12.2 Å². The van der Waals surface area contributed by atoms with Gasteiger partial charge < -0.3 is 15.3 Å². The Morgan fingerprint density at radius 1 is 1.40 bits per heavy atom. The fraction of sp³-hybridized carbons (Fsp3) is 0.500. The molecule has 1 aromatic rings. The van der Waals surface area contributed by atoms with E-state index in [1.54, 1.807) is 0 Å². The first-order chi connectivity index (χ1) is 9.26. The molecule has 6 nitrogen and oxygen atoms in total. The predicted octanol–water partition coefficient (Wildman–Crippen LogP) is 1.78. The molecule has 0 aliphatic heterocycles. The average Bonchev–Trinajstić information content (AvgIpc) is 2.35. The van der Waals surface area contributed by atoms with Gasteiger partial charge in [-0.2, -0.15) is 0 Å². The Morgan fingerprint density at radius 3 is 2.55 bits per heavy atom. The third-order valence-corrected chi connectivity index (χ3v) is 2.92. The van der Waals surface area contributed by atoms with Gasteiger partial charge in [-0.15, -0.1) is 0 Å². The highest BCUT2D eigenvalue weighted by Gasteiger charge is 2.30. The number of hydrogen-bond donors (Lipinski definition) is 2. The molecular formula is C14H21N3O3. The second-order valence-electron chi connectivity index (χ2n) is 5.14. The summed E-state index contributed by atoms with van der Waals surface area (Å²) in [6.07, 6.45) is 0. The average molecular weight is 279 g/mol. The fourth-order valence-electron chi connectivity index (χ4n) is 1.61. The van der Waals surface area contributed by atoms with Crippen LogP contribution in [0.5, 0.6) is 0 Å². The van der Waals surface area contributed by atoms with E-state index in [0.717, 1.165) is 11.4 Å². The minimum atomic E-state index is -1.30. The maximum absolute atomic E-state index is 12.1. The van der Waals surface area contributed by atoms with Gasteiger partial charge in [-0.05, 0) is 39.8 Å². The zero-order valence-electron chi connectivity index (χ0n) is 12.3. The van der Waals surface area contributed by atoms with E-state index in [1.807, 2.05) is 32.0 Å². The summed E-state index contributed by atoms with van der Waals surface area (Å²) in [7, 11) is 0. The molecule has 0 aliphatic rings. The van der Waals surface area contributed by atoms with Gasteiger partial charge in [-0.1, -0.05) is 6.07 Å². The van der Waals surface area contributed by atoms with Crippen molar-refractivity contribution >= 4 is 12.0 Å². The number of hydrogen-bond acceptors (Lipinski definition) is 3. The number of pyridine rings is 1. The number of amides is 2. The number of carboxylic acids is 1. The Hall–Kier alpha value is -2.11. The monoisotopic (exact) mass is 279 g/mol. The highest BCUT2D eigenvalue weighted by molar-refractivity contribution is 5.85. The number of nitrogens with one attached hydrogen (secondary N) is 1. The zero-order chi connectivity index (χ0) is 15.3. The summed E-state index contributed by atoms with van der Waals surface area (Å²) < 4.78 is 0. The molecule has 0 aliphatic carbocycles. The summed E-state index contributed by atoms with van der Waals surface area (Å²) in [5.41, 5.74) is 0.352. The number of rotatable bonds is 5. The molecule has 0 fully saturated rings. The van der Waals surface area contributed by atoms with E-state index in [0.29, 0.717) is 13.1 Å². The van der Waals surface area contributed by atoms with Gasteiger partial charge in [0.1, 0.15) is 5.54 Å². The van der Waals surface area contributed by atoms with Crippen molar-refractivity contribution in [3.05, 3.63) is 29.6 Å². The van der Waals surface area contributed by atoms with E-state index in [2.05, 4.69) is 10.3 Å². The molecule has 0 aromatic carbocycles. The van der Waals surface area contributed by atoms with Crippen LogP contribution in [0.4, 0.5) is 4.79 Å². The van der Waals surface area contributed by atoms with E-state index >= 15 is 0 Å². The van der Waals surface area contributed by atoms with Crippen molar-refractivity contribution in [2.75, 3.05) is 6.54 Å². The minimum Gasteiger partial charge on any atom is -0.480 e. The highest BCUT2D eigenvalue weighted by atomic mass is 16.4. The van der Waals surface area contributed by atoms with Crippen molar-refractivity contribution < 1.29 is 14.7 Å². The minimum absolute atomic E-state index is 0.347. The van der Waals surface area contributed by atoms with Crippen LogP contribution >= 0.6 is 0 Å². The lowest BCUT2D eigenvalue weighted by Gasteiger charge is -2.27. The molecule has 20 heavy (non-hydrogen) atoms. The first-order valence-corrected chi connectivity index (χ1v) is 6.49. The molecule has 0 unspecified atom stereocenters. The van der Waals surface area contributed by atoms with Gasteiger partial charge in [-0.3, -0.25) is 4.98 Å². The van der Waals surface area contributed by atoms with Crippen LogP contribution < -0.4 is 5.32 Å². The summed E-state index contributed by atoms with van der Waals surface area (Å²) in [4.78, 5) is 29.0. The predicted molar refractivity (Wildman–Crippen MR) is 75.3 cm³/mol. The van der Waals surface area contributed by atoms with Crippen LogP contribution in [0, 0.1) is 6.92 Å². The number of aromatic nitrogens is 1. The van der Waals surface area contributed by atoms with Crippen LogP contribution in [0.1, 0.15) is 32.2 Å². The molecule has 0 saturated carbocycles. The lowest BCUT2D eigenvalue weighted by atomic mass is 10.1. The molecule has 0 saturated heterocycles. The van der Waals surface area contributed by atoms with E-state index in [4.69, 9.17) is 5.11 Å². The van der Waals surface area contributed by atoms with E-state index in [-0.39, 0.29) is 0 Å². The summed E-state index contributed by atoms with van der Waals surface area (Å²) in [6.45, 7) is 7.44. The summed E-state index contributed by atoms with van der Waals surface area (Å²) in [5, 5.41) is 11.5. The maximum atomic E-state index is 12.1. The molecule has 6 heteroatoms. The van der Waals surface area contributed by atoms with Gasteiger partial charge in [0.2, 0.25) is 0 Å². The van der Waals surface area contributed by atoms with E-state index < -0.39 is 17.5 Å². The van der Waals surface area contributed by atoms with Crippen LogP contribution in [0.2, 0.25) is 0 Å². The summed E-state index contributed by atoms with van der Waals surface area (Å²) in [5.74, 6) is -1.07. The van der Waals surface area contributed by atoms with Crippen LogP contribution in [-0.4, -0.2) is 39.1 Å². The van der Waals surface area contributed by atoms with Gasteiger partial charge >= 0.3 is 12.0 Å². The van der Waals surface area contributed by atoms with Crippen LogP contribution in [0.3, 0.4) is 0 Å². The second kappa shape index (κ2) is 6.36. The van der Waals surface area contributed by atoms with Crippen molar-refractivity contribution in [3.8, 4) is 0 Å². The number of carbonyl (C=O) groups is 2. The molecule has 1 aromatic heterocycles. The van der Waals surface area contributed by atoms with Crippen LogP contribution in [0.25, 0.3) is 0 Å². The molecule has 0 atom stereocenters. The Bertz CT molecular complexity index is 500. The Labute approximate surface area is 118 Å². The standard InChI is InChI=1S/C14H21N3O3/c1-5-17(9-11-8-6-7-10(2)15-11)13(20)16-14(3,4)12(18)19/h6-8H,5,9H2,1-4H3,(H,16,20)(H,18,19). The summed E-state index contributed by atoms with van der Waals surface area (Å²) in [6, 6.07) is 5.19. The topological polar surface area (TPSA) is 82.5 Å². The Morgan fingerprint density at radius 2 is 2.05 bits per heavy atom. The molecule has 110 valence electrons. The first kappa shape index (κ1) is 15.9. The van der Waals surface area contributed by atoms with Crippen LogP contribution in [-0.2, 0) is 11.3 Å². The summed E-state index contributed by atoms with van der Waals surface area (Å²) >= 11 is 0. The van der Waals surface area contributed by atoms with Crippen molar-refractivity contribution in [1.82, 2.24) is 15.2 Å². The van der Waals surface area contributed by atoms with Gasteiger partial charge in [-0.25, -0.2) is 9.59 Å². The molecule has 1 rings (SSSR count). The van der Waals surface area contributed by atoms with Crippen molar-refractivity contribution in [2.45, 2.75) is 39.8 Å². The maximum Gasteiger partial charge on any atom is 0.328 e. The van der Waals surface area contributed by atoms with Gasteiger partial charge in [0.05, 0.1) is 12.2 Å². The lowest BCUT2D eigenvalue weighted by molar-refractivity contribution is -0.143. The SMILES string of the molecule is CCN(Cc1cccc(C)n1)C(=O)NC(C)(C)C(=O)O. The largest absolute Gasteiger partial charge is 0.480 e. The number of aryl methyl sites for hydroxylation is 1. The zero-order valence-corrected chi connectivity index (χ0v) is 12.3. The third kappa shape index (κ3) is 4.22. The molecule has 0 radical (unpaired) electrons.